The number of esters is 1. The van der Waals surface area contributed by atoms with Gasteiger partial charge in [-0.15, -0.1) is 12.4 Å². The highest BCUT2D eigenvalue weighted by molar-refractivity contribution is 5.85. The second-order valence-electron chi connectivity index (χ2n) is 5.44. The summed E-state index contributed by atoms with van der Waals surface area (Å²) >= 11 is 0. The molecule has 2 rings (SSSR count). The first-order chi connectivity index (χ1) is 9.25. The van der Waals surface area contributed by atoms with E-state index in [1.807, 2.05) is 30.3 Å². The summed E-state index contributed by atoms with van der Waals surface area (Å²) in [7, 11) is 0. The zero-order valence-electron chi connectivity index (χ0n) is 11.8. The normalized spacial score (nSPS) is 17.1. The molecule has 1 aliphatic rings. The number of benzene rings is 1. The van der Waals surface area contributed by atoms with Crippen LogP contribution in [0.25, 0.3) is 0 Å². The molecule has 112 valence electrons. The smallest absolute Gasteiger partial charge is 0.323 e. The predicted octanol–water partition coefficient (Wildman–Crippen LogP) is 3.45. The molecule has 1 aliphatic carbocycles. The standard InChI is InChI=1S/C16H23NO2.ClH/c17-15(11-13-7-3-1-4-8-13)16(18)19-12-14-9-5-2-6-10-14;/h2,5-6,9-10,13,15H,1,3-4,7-8,11-12,17H2;1H/t15-;/m0./s1. The van der Waals surface area contributed by atoms with Crippen LogP contribution in [0.15, 0.2) is 30.3 Å². The molecule has 3 nitrogen and oxygen atoms in total. The minimum atomic E-state index is -0.466. The van der Waals surface area contributed by atoms with E-state index in [0.717, 1.165) is 12.0 Å². The Morgan fingerprint density at radius 2 is 1.85 bits per heavy atom. The van der Waals surface area contributed by atoms with Gasteiger partial charge in [-0.3, -0.25) is 4.79 Å². The van der Waals surface area contributed by atoms with Crippen LogP contribution in [0.3, 0.4) is 0 Å². The van der Waals surface area contributed by atoms with Crippen molar-refractivity contribution in [1.82, 2.24) is 0 Å². The van der Waals surface area contributed by atoms with Gasteiger partial charge in [-0.1, -0.05) is 62.4 Å². The second kappa shape index (κ2) is 8.98. The SMILES string of the molecule is Cl.N[C@@H](CC1CCCCC1)C(=O)OCc1ccccc1. The summed E-state index contributed by atoms with van der Waals surface area (Å²) in [5.41, 5.74) is 6.94. The molecule has 0 amide bonds. The van der Waals surface area contributed by atoms with E-state index in [9.17, 15) is 4.79 Å². The Bertz CT molecular complexity index is 391. The first-order valence-corrected chi connectivity index (χ1v) is 7.22. The molecule has 1 aromatic rings. The summed E-state index contributed by atoms with van der Waals surface area (Å²) in [4.78, 5) is 11.8. The van der Waals surface area contributed by atoms with Gasteiger partial charge in [-0.25, -0.2) is 0 Å². The van der Waals surface area contributed by atoms with Gasteiger partial charge in [0.15, 0.2) is 0 Å². The predicted molar refractivity (Wildman–Crippen MR) is 82.7 cm³/mol. The number of hydrogen-bond acceptors (Lipinski definition) is 3. The van der Waals surface area contributed by atoms with E-state index >= 15 is 0 Å². The molecule has 0 aromatic heterocycles. The average molecular weight is 298 g/mol. The highest BCUT2D eigenvalue weighted by Gasteiger charge is 2.22. The van der Waals surface area contributed by atoms with Gasteiger partial charge in [0, 0.05) is 0 Å². The molecular weight excluding hydrogens is 274 g/mol. The number of halogens is 1. The lowest BCUT2D eigenvalue weighted by Gasteiger charge is -2.23. The molecule has 4 heteroatoms. The minimum absolute atomic E-state index is 0. The average Bonchev–Trinajstić information content (AvgIpc) is 2.47. The fourth-order valence-electron chi connectivity index (χ4n) is 2.71. The maximum atomic E-state index is 11.8. The van der Waals surface area contributed by atoms with Crippen molar-refractivity contribution in [3.05, 3.63) is 35.9 Å². The van der Waals surface area contributed by atoms with E-state index < -0.39 is 6.04 Å². The van der Waals surface area contributed by atoms with Crippen LogP contribution >= 0.6 is 12.4 Å². The topological polar surface area (TPSA) is 52.3 Å². The van der Waals surface area contributed by atoms with Crippen LogP contribution in [0.1, 0.15) is 44.1 Å². The van der Waals surface area contributed by atoms with Crippen LogP contribution in [0, 0.1) is 5.92 Å². The molecule has 0 aliphatic heterocycles. The molecule has 1 aromatic carbocycles. The Hall–Kier alpha value is -1.06. The lowest BCUT2D eigenvalue weighted by Crippen LogP contribution is -2.34. The number of carbonyl (C=O) groups excluding carboxylic acids is 1. The Balaban J connectivity index is 0.00000200. The van der Waals surface area contributed by atoms with Crippen LogP contribution in [0.2, 0.25) is 0 Å². The van der Waals surface area contributed by atoms with Gasteiger partial charge in [0.1, 0.15) is 12.6 Å². The van der Waals surface area contributed by atoms with Crippen LogP contribution < -0.4 is 5.73 Å². The molecular formula is C16H24ClNO2. The largest absolute Gasteiger partial charge is 0.460 e. The second-order valence-corrected chi connectivity index (χ2v) is 5.44. The number of hydrogen-bond donors (Lipinski definition) is 1. The summed E-state index contributed by atoms with van der Waals surface area (Å²) < 4.78 is 5.27. The van der Waals surface area contributed by atoms with Gasteiger partial charge in [-0.05, 0) is 17.9 Å². The minimum Gasteiger partial charge on any atom is -0.460 e. The third-order valence-electron chi connectivity index (χ3n) is 3.84. The maximum Gasteiger partial charge on any atom is 0.323 e. The van der Waals surface area contributed by atoms with Crippen molar-refractivity contribution < 1.29 is 9.53 Å². The first kappa shape index (κ1) is 17.0. The molecule has 1 atom stereocenters. The van der Waals surface area contributed by atoms with Gasteiger partial charge >= 0.3 is 5.97 Å². The molecule has 1 fully saturated rings. The van der Waals surface area contributed by atoms with Crippen molar-refractivity contribution in [3.8, 4) is 0 Å². The number of nitrogens with two attached hydrogens (primary N) is 1. The molecule has 20 heavy (non-hydrogen) atoms. The number of ether oxygens (including phenoxy) is 1. The number of rotatable bonds is 5. The van der Waals surface area contributed by atoms with Crippen molar-refractivity contribution >= 4 is 18.4 Å². The van der Waals surface area contributed by atoms with Gasteiger partial charge < -0.3 is 10.5 Å². The van der Waals surface area contributed by atoms with Crippen LogP contribution in [0.4, 0.5) is 0 Å². The van der Waals surface area contributed by atoms with Crippen LogP contribution in [0.5, 0.6) is 0 Å². The van der Waals surface area contributed by atoms with E-state index in [2.05, 4.69) is 0 Å². The van der Waals surface area contributed by atoms with Gasteiger partial charge in [0.05, 0.1) is 0 Å². The lowest BCUT2D eigenvalue weighted by atomic mass is 9.85. The fraction of sp³-hybridized carbons (Fsp3) is 0.562. The highest BCUT2D eigenvalue weighted by atomic mass is 35.5. The Kier molecular flexibility index (Phi) is 7.63. The zero-order valence-corrected chi connectivity index (χ0v) is 12.6. The monoisotopic (exact) mass is 297 g/mol. The molecule has 2 N–H and O–H groups in total. The molecule has 0 radical (unpaired) electrons. The molecule has 0 spiro atoms. The summed E-state index contributed by atoms with van der Waals surface area (Å²) in [5, 5.41) is 0. The summed E-state index contributed by atoms with van der Waals surface area (Å²) in [6, 6.07) is 9.24. The zero-order chi connectivity index (χ0) is 13.5. The summed E-state index contributed by atoms with van der Waals surface area (Å²) in [6.45, 7) is 0.317. The molecule has 0 bridgehead atoms. The van der Waals surface area contributed by atoms with Crippen LogP contribution in [-0.2, 0) is 16.1 Å². The van der Waals surface area contributed by atoms with Gasteiger partial charge in [0.25, 0.3) is 0 Å². The van der Waals surface area contributed by atoms with Crippen molar-refractivity contribution in [2.24, 2.45) is 11.7 Å². The maximum absolute atomic E-state index is 11.8. The molecule has 1 saturated carbocycles. The van der Waals surface area contributed by atoms with Crippen molar-refractivity contribution in [2.75, 3.05) is 0 Å². The molecule has 0 unspecified atom stereocenters. The van der Waals surface area contributed by atoms with Gasteiger partial charge in [0.2, 0.25) is 0 Å². The Morgan fingerprint density at radius 3 is 2.50 bits per heavy atom. The third-order valence-corrected chi connectivity index (χ3v) is 3.84. The highest BCUT2D eigenvalue weighted by Crippen LogP contribution is 2.27. The van der Waals surface area contributed by atoms with Gasteiger partial charge in [-0.2, -0.15) is 0 Å². The van der Waals surface area contributed by atoms with E-state index in [4.69, 9.17) is 10.5 Å². The van der Waals surface area contributed by atoms with Crippen LogP contribution in [-0.4, -0.2) is 12.0 Å². The summed E-state index contributed by atoms with van der Waals surface area (Å²) in [5.74, 6) is 0.336. The Morgan fingerprint density at radius 1 is 1.20 bits per heavy atom. The van der Waals surface area contributed by atoms with Crippen molar-refractivity contribution in [3.63, 3.8) is 0 Å². The third kappa shape index (κ3) is 5.51. The quantitative estimate of drug-likeness (QED) is 0.847. The van der Waals surface area contributed by atoms with E-state index in [1.165, 1.54) is 32.1 Å². The number of carbonyl (C=O) groups is 1. The lowest BCUT2D eigenvalue weighted by molar-refractivity contribution is -0.147. The first-order valence-electron chi connectivity index (χ1n) is 7.22. The summed E-state index contributed by atoms with van der Waals surface area (Å²) in [6.07, 6.45) is 7.06. The van der Waals surface area contributed by atoms with E-state index in [-0.39, 0.29) is 18.4 Å². The van der Waals surface area contributed by atoms with Crippen molar-refractivity contribution in [2.45, 2.75) is 51.2 Å². The van der Waals surface area contributed by atoms with E-state index in [0.29, 0.717) is 12.5 Å². The fourth-order valence-corrected chi connectivity index (χ4v) is 2.71. The molecule has 0 heterocycles. The Labute approximate surface area is 127 Å². The van der Waals surface area contributed by atoms with Crippen molar-refractivity contribution in [1.29, 1.82) is 0 Å². The molecule has 0 saturated heterocycles. The van der Waals surface area contributed by atoms with E-state index in [1.54, 1.807) is 0 Å².